The maximum atomic E-state index is 11.5. The number of aromatic nitrogens is 2. The van der Waals surface area contributed by atoms with Gasteiger partial charge in [0.2, 0.25) is 5.95 Å². The smallest absolute Gasteiger partial charge is 0.222 e. The minimum Gasteiger partial charge on any atom is -0.378 e. The molecule has 0 amide bonds. The molecule has 0 atom stereocenters. The minimum absolute atomic E-state index is 0.0253. The molecule has 22 heavy (non-hydrogen) atoms. The molecule has 1 aromatic heterocycles. The number of ketones is 1. The molecule has 0 aliphatic carbocycles. The first-order chi connectivity index (χ1) is 10.6. The summed E-state index contributed by atoms with van der Waals surface area (Å²) in [4.78, 5) is 22.3. The molecule has 114 valence electrons. The average molecular weight is 298 g/mol. The van der Waals surface area contributed by atoms with Crippen LogP contribution in [0, 0.1) is 0 Å². The van der Waals surface area contributed by atoms with Crippen molar-refractivity contribution in [2.24, 2.45) is 0 Å². The number of rotatable bonds is 3. The Labute approximate surface area is 128 Å². The van der Waals surface area contributed by atoms with E-state index in [9.17, 15) is 4.79 Å². The van der Waals surface area contributed by atoms with Gasteiger partial charge in [-0.25, -0.2) is 4.98 Å². The first-order valence-corrected chi connectivity index (χ1v) is 7.22. The van der Waals surface area contributed by atoms with Crippen molar-refractivity contribution in [2.45, 2.75) is 6.92 Å². The van der Waals surface area contributed by atoms with Crippen LogP contribution < -0.4 is 10.6 Å². The molecule has 0 radical (unpaired) electrons. The van der Waals surface area contributed by atoms with E-state index >= 15 is 0 Å². The molecule has 0 saturated carbocycles. The van der Waals surface area contributed by atoms with Crippen molar-refractivity contribution in [1.29, 1.82) is 0 Å². The highest BCUT2D eigenvalue weighted by atomic mass is 16.5. The Morgan fingerprint density at radius 2 is 2.00 bits per heavy atom. The third-order valence-corrected chi connectivity index (χ3v) is 3.63. The fraction of sp³-hybridized carbons (Fsp3) is 0.312. The lowest BCUT2D eigenvalue weighted by Crippen LogP contribution is -2.36. The standard InChI is InChI=1S/C16H18N4O2/c1-11(21)12-3-2-4-13(9-12)14-10-15(19-16(17)18-14)20-5-7-22-8-6-20/h2-4,9-10H,5-8H2,1H3,(H2,17,18,19). The summed E-state index contributed by atoms with van der Waals surface area (Å²) >= 11 is 0. The summed E-state index contributed by atoms with van der Waals surface area (Å²) in [6.45, 7) is 4.47. The first kappa shape index (κ1) is 14.5. The molecule has 2 N–H and O–H groups in total. The van der Waals surface area contributed by atoms with E-state index in [-0.39, 0.29) is 11.7 Å². The Morgan fingerprint density at radius 1 is 1.23 bits per heavy atom. The van der Waals surface area contributed by atoms with Gasteiger partial charge in [0.25, 0.3) is 0 Å². The highest BCUT2D eigenvalue weighted by Crippen LogP contribution is 2.24. The number of nitrogen functional groups attached to an aromatic ring is 1. The third kappa shape index (κ3) is 3.07. The summed E-state index contributed by atoms with van der Waals surface area (Å²) in [6, 6.07) is 9.28. The van der Waals surface area contributed by atoms with E-state index in [0.29, 0.717) is 18.8 Å². The van der Waals surface area contributed by atoms with Crippen LogP contribution in [-0.2, 0) is 4.74 Å². The molecule has 6 heteroatoms. The summed E-state index contributed by atoms with van der Waals surface area (Å²) in [5.41, 5.74) is 8.09. The van der Waals surface area contributed by atoms with Gasteiger partial charge in [-0.2, -0.15) is 4.98 Å². The minimum atomic E-state index is 0.0253. The SMILES string of the molecule is CC(=O)c1cccc(-c2cc(N3CCOCC3)nc(N)n2)c1. The molecule has 6 nitrogen and oxygen atoms in total. The topological polar surface area (TPSA) is 81.3 Å². The van der Waals surface area contributed by atoms with Gasteiger partial charge in [0.15, 0.2) is 5.78 Å². The zero-order valence-electron chi connectivity index (χ0n) is 12.5. The van der Waals surface area contributed by atoms with E-state index in [0.717, 1.165) is 30.2 Å². The van der Waals surface area contributed by atoms with Gasteiger partial charge in [-0.05, 0) is 13.0 Å². The number of nitrogens with two attached hydrogens (primary N) is 1. The molecule has 0 unspecified atom stereocenters. The molecule has 2 heterocycles. The van der Waals surface area contributed by atoms with Gasteiger partial charge in [-0.15, -0.1) is 0 Å². The highest BCUT2D eigenvalue weighted by Gasteiger charge is 2.15. The second-order valence-electron chi connectivity index (χ2n) is 5.21. The van der Waals surface area contributed by atoms with Crippen molar-refractivity contribution in [3.63, 3.8) is 0 Å². The number of benzene rings is 1. The van der Waals surface area contributed by atoms with Crippen LogP contribution in [0.2, 0.25) is 0 Å². The molecule has 1 saturated heterocycles. The van der Waals surface area contributed by atoms with Gasteiger partial charge in [-0.1, -0.05) is 18.2 Å². The van der Waals surface area contributed by atoms with Crippen LogP contribution in [0.4, 0.5) is 11.8 Å². The summed E-state index contributed by atoms with van der Waals surface area (Å²) < 4.78 is 5.35. The Balaban J connectivity index is 1.98. The van der Waals surface area contributed by atoms with Crippen LogP contribution in [0.25, 0.3) is 11.3 Å². The number of morpholine rings is 1. The van der Waals surface area contributed by atoms with Crippen LogP contribution in [0.1, 0.15) is 17.3 Å². The molecule has 3 rings (SSSR count). The second kappa shape index (κ2) is 6.11. The lowest BCUT2D eigenvalue weighted by Gasteiger charge is -2.28. The monoisotopic (exact) mass is 298 g/mol. The van der Waals surface area contributed by atoms with Gasteiger partial charge < -0.3 is 15.4 Å². The Hall–Kier alpha value is -2.47. The number of hydrogen-bond acceptors (Lipinski definition) is 6. The number of carbonyl (C=O) groups excluding carboxylic acids is 1. The Kier molecular flexibility index (Phi) is 4.02. The number of anilines is 2. The van der Waals surface area contributed by atoms with Gasteiger partial charge >= 0.3 is 0 Å². The molecule has 1 fully saturated rings. The van der Waals surface area contributed by atoms with Crippen molar-refractivity contribution < 1.29 is 9.53 Å². The van der Waals surface area contributed by atoms with Crippen LogP contribution in [-0.4, -0.2) is 42.1 Å². The van der Waals surface area contributed by atoms with E-state index in [1.165, 1.54) is 0 Å². The molecule has 1 aromatic carbocycles. The van der Waals surface area contributed by atoms with Gasteiger partial charge in [0.1, 0.15) is 5.82 Å². The number of hydrogen-bond donors (Lipinski definition) is 1. The van der Waals surface area contributed by atoms with Crippen LogP contribution in [0.15, 0.2) is 30.3 Å². The van der Waals surface area contributed by atoms with Gasteiger partial charge in [-0.3, -0.25) is 4.79 Å². The summed E-state index contributed by atoms with van der Waals surface area (Å²) in [7, 11) is 0. The average Bonchev–Trinajstić information content (AvgIpc) is 2.55. The lowest BCUT2D eigenvalue weighted by molar-refractivity contribution is 0.101. The first-order valence-electron chi connectivity index (χ1n) is 7.22. The van der Waals surface area contributed by atoms with Crippen molar-refractivity contribution in [3.05, 3.63) is 35.9 Å². The normalized spacial score (nSPS) is 14.9. The number of nitrogens with zero attached hydrogens (tertiary/aromatic N) is 3. The number of carbonyl (C=O) groups is 1. The van der Waals surface area contributed by atoms with Gasteiger partial charge in [0, 0.05) is 30.3 Å². The predicted octanol–water partition coefficient (Wildman–Crippen LogP) is 1.76. The maximum Gasteiger partial charge on any atom is 0.222 e. The number of ether oxygens (including phenoxy) is 1. The van der Waals surface area contributed by atoms with Crippen molar-refractivity contribution >= 4 is 17.5 Å². The van der Waals surface area contributed by atoms with E-state index in [2.05, 4.69) is 14.9 Å². The molecule has 1 aliphatic heterocycles. The molecule has 2 aromatic rings. The second-order valence-corrected chi connectivity index (χ2v) is 5.21. The fourth-order valence-corrected chi connectivity index (χ4v) is 2.45. The fourth-order valence-electron chi connectivity index (χ4n) is 2.45. The molecular weight excluding hydrogens is 280 g/mol. The van der Waals surface area contributed by atoms with Crippen molar-refractivity contribution in [1.82, 2.24) is 9.97 Å². The summed E-state index contributed by atoms with van der Waals surface area (Å²) in [5.74, 6) is 1.04. The van der Waals surface area contributed by atoms with Crippen molar-refractivity contribution in [3.8, 4) is 11.3 Å². The lowest BCUT2D eigenvalue weighted by atomic mass is 10.1. The van der Waals surface area contributed by atoms with E-state index < -0.39 is 0 Å². The van der Waals surface area contributed by atoms with Gasteiger partial charge in [0.05, 0.1) is 18.9 Å². The zero-order chi connectivity index (χ0) is 15.5. The highest BCUT2D eigenvalue weighted by molar-refractivity contribution is 5.95. The van der Waals surface area contributed by atoms with Crippen molar-refractivity contribution in [2.75, 3.05) is 36.9 Å². The summed E-state index contributed by atoms with van der Waals surface area (Å²) in [5, 5.41) is 0. The van der Waals surface area contributed by atoms with E-state index in [1.54, 1.807) is 13.0 Å². The quantitative estimate of drug-likeness (QED) is 0.870. The largest absolute Gasteiger partial charge is 0.378 e. The molecule has 0 spiro atoms. The maximum absolute atomic E-state index is 11.5. The Bertz CT molecular complexity index is 696. The third-order valence-electron chi connectivity index (χ3n) is 3.63. The number of Topliss-reactive ketones (excluding diaryl/α,β-unsaturated/α-hetero) is 1. The van der Waals surface area contributed by atoms with Crippen LogP contribution in [0.3, 0.4) is 0 Å². The molecule has 1 aliphatic rings. The van der Waals surface area contributed by atoms with Crippen LogP contribution >= 0.6 is 0 Å². The zero-order valence-corrected chi connectivity index (χ0v) is 12.5. The van der Waals surface area contributed by atoms with E-state index in [4.69, 9.17) is 10.5 Å². The molecule has 0 bridgehead atoms. The van der Waals surface area contributed by atoms with E-state index in [1.807, 2.05) is 24.3 Å². The van der Waals surface area contributed by atoms with Crippen LogP contribution in [0.5, 0.6) is 0 Å². The Morgan fingerprint density at radius 3 is 2.73 bits per heavy atom. The predicted molar refractivity (Wildman–Crippen MR) is 84.9 cm³/mol. The molecular formula is C16H18N4O2. The summed E-state index contributed by atoms with van der Waals surface area (Å²) in [6.07, 6.45) is 0.